The van der Waals surface area contributed by atoms with E-state index in [1.807, 2.05) is 0 Å². The third kappa shape index (κ3) is 3.96. The van der Waals surface area contributed by atoms with Gasteiger partial charge in [0.1, 0.15) is 0 Å². The van der Waals surface area contributed by atoms with Gasteiger partial charge < -0.3 is 9.64 Å². The second-order valence-corrected chi connectivity index (χ2v) is 10.8. The standard InChI is InChI=1S/C24H26N2O2S2/c1-24(2)12-20-22(21(27)13-24)30-23(25-20)26-7-8-28-14-19(26)11-16-4-3-5-17(10-16)18-6-9-29-15-18/h3-6,9-10,15,19H,7-8,11-14H2,1-2H3/t19-/m0/s1. The molecule has 3 aromatic rings. The first-order valence-electron chi connectivity index (χ1n) is 10.5. The number of ether oxygens (including phenoxy) is 1. The molecule has 30 heavy (non-hydrogen) atoms. The van der Waals surface area contributed by atoms with Crippen LogP contribution in [0.4, 0.5) is 5.13 Å². The highest BCUT2D eigenvalue weighted by atomic mass is 32.1. The fraction of sp³-hybridized carbons (Fsp3) is 0.417. The first-order valence-corrected chi connectivity index (χ1v) is 12.2. The number of morpholine rings is 1. The van der Waals surface area contributed by atoms with Crippen molar-refractivity contribution in [2.24, 2.45) is 5.41 Å². The molecule has 0 amide bonds. The molecule has 0 saturated carbocycles. The predicted octanol–water partition coefficient (Wildman–Crippen LogP) is 5.47. The molecule has 3 heterocycles. The van der Waals surface area contributed by atoms with Crippen LogP contribution in [0.25, 0.3) is 11.1 Å². The van der Waals surface area contributed by atoms with Crippen LogP contribution in [0.15, 0.2) is 41.1 Å². The minimum absolute atomic E-state index is 0.00192. The summed E-state index contributed by atoms with van der Waals surface area (Å²) in [6.07, 6.45) is 2.40. The van der Waals surface area contributed by atoms with E-state index in [4.69, 9.17) is 9.72 Å². The zero-order chi connectivity index (χ0) is 20.7. The summed E-state index contributed by atoms with van der Waals surface area (Å²) in [4.78, 5) is 20.8. The summed E-state index contributed by atoms with van der Waals surface area (Å²) in [7, 11) is 0. The Labute approximate surface area is 185 Å². The van der Waals surface area contributed by atoms with Crippen molar-refractivity contribution < 1.29 is 9.53 Å². The van der Waals surface area contributed by atoms with Gasteiger partial charge in [0.2, 0.25) is 0 Å². The summed E-state index contributed by atoms with van der Waals surface area (Å²) in [5.41, 5.74) is 4.82. The molecule has 0 radical (unpaired) electrons. The van der Waals surface area contributed by atoms with E-state index in [0.717, 1.165) is 35.1 Å². The molecule has 0 spiro atoms. The Balaban J connectivity index is 1.40. The maximum absolute atomic E-state index is 12.6. The van der Waals surface area contributed by atoms with Gasteiger partial charge in [0.25, 0.3) is 0 Å². The van der Waals surface area contributed by atoms with Crippen LogP contribution >= 0.6 is 22.7 Å². The SMILES string of the molecule is CC1(C)CC(=O)c2sc(N3CCOC[C@@H]3Cc3cccc(-c4ccsc4)c3)nc2C1. The fourth-order valence-electron chi connectivity index (χ4n) is 4.48. The van der Waals surface area contributed by atoms with Crippen molar-refractivity contribution in [2.45, 2.75) is 39.2 Å². The van der Waals surface area contributed by atoms with Gasteiger partial charge in [0, 0.05) is 13.0 Å². The molecular weight excluding hydrogens is 412 g/mol. The average molecular weight is 439 g/mol. The number of anilines is 1. The Hall–Kier alpha value is -2.02. The molecule has 4 nitrogen and oxygen atoms in total. The Morgan fingerprint density at radius 2 is 2.13 bits per heavy atom. The maximum Gasteiger partial charge on any atom is 0.186 e. The van der Waals surface area contributed by atoms with Crippen LogP contribution in [-0.4, -0.2) is 36.6 Å². The van der Waals surface area contributed by atoms with E-state index in [1.165, 1.54) is 16.7 Å². The lowest BCUT2D eigenvalue weighted by Crippen LogP contribution is -2.46. The first-order chi connectivity index (χ1) is 14.5. The van der Waals surface area contributed by atoms with E-state index in [0.29, 0.717) is 19.6 Å². The Morgan fingerprint density at radius 3 is 2.97 bits per heavy atom. The first kappa shape index (κ1) is 19.9. The van der Waals surface area contributed by atoms with E-state index in [9.17, 15) is 4.79 Å². The van der Waals surface area contributed by atoms with Gasteiger partial charge in [-0.05, 0) is 51.8 Å². The van der Waals surface area contributed by atoms with Crippen molar-refractivity contribution in [3.63, 3.8) is 0 Å². The van der Waals surface area contributed by atoms with Crippen molar-refractivity contribution in [3.8, 4) is 11.1 Å². The van der Waals surface area contributed by atoms with Gasteiger partial charge in [0.15, 0.2) is 10.9 Å². The van der Waals surface area contributed by atoms with Crippen LogP contribution in [0.3, 0.4) is 0 Å². The highest BCUT2D eigenvalue weighted by Gasteiger charge is 2.36. The number of hydrogen-bond acceptors (Lipinski definition) is 6. The summed E-state index contributed by atoms with van der Waals surface area (Å²) in [5.74, 6) is 0.248. The van der Waals surface area contributed by atoms with E-state index >= 15 is 0 Å². The molecule has 6 heteroatoms. The average Bonchev–Trinajstić information content (AvgIpc) is 3.38. The van der Waals surface area contributed by atoms with E-state index < -0.39 is 0 Å². The minimum atomic E-state index is 0.00192. The molecule has 1 atom stereocenters. The van der Waals surface area contributed by atoms with Gasteiger partial charge in [0.05, 0.1) is 29.8 Å². The van der Waals surface area contributed by atoms with Gasteiger partial charge >= 0.3 is 0 Å². The molecular formula is C24H26N2O2S2. The molecule has 1 aliphatic heterocycles. The molecule has 1 fully saturated rings. The molecule has 0 N–H and O–H groups in total. The lowest BCUT2D eigenvalue weighted by Gasteiger charge is -2.35. The van der Waals surface area contributed by atoms with Crippen LogP contribution in [0, 0.1) is 5.41 Å². The number of nitrogens with zero attached hydrogens (tertiary/aromatic N) is 2. The number of hydrogen-bond donors (Lipinski definition) is 0. The summed E-state index contributed by atoms with van der Waals surface area (Å²) < 4.78 is 5.83. The number of thiazole rings is 1. The van der Waals surface area contributed by atoms with Gasteiger partial charge in [-0.3, -0.25) is 4.79 Å². The lowest BCUT2D eigenvalue weighted by molar-refractivity contribution is 0.0915. The van der Waals surface area contributed by atoms with Crippen molar-refractivity contribution in [1.82, 2.24) is 4.98 Å². The number of carbonyl (C=O) groups excluding carboxylic acids is 1. The quantitative estimate of drug-likeness (QED) is 0.541. The number of rotatable bonds is 4. The van der Waals surface area contributed by atoms with Crippen LogP contribution in [-0.2, 0) is 17.6 Å². The third-order valence-corrected chi connectivity index (χ3v) is 7.81. The normalized spacial score (nSPS) is 20.9. The highest BCUT2D eigenvalue weighted by Crippen LogP contribution is 2.40. The molecule has 1 aliphatic carbocycles. The molecule has 2 aliphatic rings. The van der Waals surface area contributed by atoms with Crippen LogP contribution in [0.1, 0.15) is 41.2 Å². The molecule has 2 aromatic heterocycles. The zero-order valence-corrected chi connectivity index (χ0v) is 19.0. The topological polar surface area (TPSA) is 42.4 Å². The van der Waals surface area contributed by atoms with Crippen molar-refractivity contribution in [3.05, 3.63) is 57.2 Å². The minimum Gasteiger partial charge on any atom is -0.377 e. The number of ketones is 1. The molecule has 1 saturated heterocycles. The van der Waals surface area contributed by atoms with E-state index in [2.05, 4.69) is 59.8 Å². The van der Waals surface area contributed by atoms with Crippen molar-refractivity contribution in [2.75, 3.05) is 24.7 Å². The number of carbonyl (C=O) groups is 1. The lowest BCUT2D eigenvalue weighted by atomic mass is 9.78. The van der Waals surface area contributed by atoms with Crippen LogP contribution in [0.2, 0.25) is 0 Å². The van der Waals surface area contributed by atoms with Gasteiger partial charge in [-0.1, -0.05) is 49.4 Å². The number of Topliss-reactive ketones (excluding diaryl/α,β-unsaturated/α-hetero) is 1. The van der Waals surface area contributed by atoms with Crippen LogP contribution in [0.5, 0.6) is 0 Å². The highest BCUT2D eigenvalue weighted by molar-refractivity contribution is 7.17. The fourth-order valence-corrected chi connectivity index (χ4v) is 6.27. The second-order valence-electron chi connectivity index (χ2n) is 9.05. The molecule has 5 rings (SSSR count). The molecule has 1 aromatic carbocycles. The van der Waals surface area contributed by atoms with Gasteiger partial charge in [-0.25, -0.2) is 4.98 Å². The summed E-state index contributed by atoms with van der Waals surface area (Å²) in [6, 6.07) is 11.2. The third-order valence-electron chi connectivity index (χ3n) is 5.95. The largest absolute Gasteiger partial charge is 0.377 e. The van der Waals surface area contributed by atoms with Gasteiger partial charge in [-0.15, -0.1) is 0 Å². The Kier molecular flexibility index (Phi) is 5.25. The Bertz CT molecular complexity index is 1060. The molecule has 0 unspecified atom stereocenters. The smallest absolute Gasteiger partial charge is 0.186 e. The van der Waals surface area contributed by atoms with Crippen molar-refractivity contribution in [1.29, 1.82) is 0 Å². The monoisotopic (exact) mass is 438 g/mol. The number of aromatic nitrogens is 1. The van der Waals surface area contributed by atoms with Gasteiger partial charge in [-0.2, -0.15) is 11.3 Å². The predicted molar refractivity (Wildman–Crippen MR) is 124 cm³/mol. The molecule has 156 valence electrons. The maximum atomic E-state index is 12.6. The van der Waals surface area contributed by atoms with Crippen molar-refractivity contribution >= 4 is 33.6 Å². The number of benzene rings is 1. The number of fused-ring (bicyclic) bond motifs is 1. The Morgan fingerprint density at radius 1 is 1.23 bits per heavy atom. The second kappa shape index (κ2) is 7.91. The van der Waals surface area contributed by atoms with E-state index in [-0.39, 0.29) is 17.2 Å². The number of thiophene rings is 1. The van der Waals surface area contributed by atoms with Crippen LogP contribution < -0.4 is 4.90 Å². The van der Waals surface area contributed by atoms with E-state index in [1.54, 1.807) is 22.7 Å². The zero-order valence-electron chi connectivity index (χ0n) is 17.4. The summed E-state index contributed by atoms with van der Waals surface area (Å²) in [5, 5.41) is 5.28. The molecule has 0 bridgehead atoms. The summed E-state index contributed by atoms with van der Waals surface area (Å²) >= 11 is 3.30. The summed E-state index contributed by atoms with van der Waals surface area (Å²) in [6.45, 7) is 6.52.